The second kappa shape index (κ2) is 5.41. The molecule has 2 heteroatoms. The van der Waals surface area contributed by atoms with Gasteiger partial charge in [-0.1, -0.05) is 54.9 Å². The molecule has 0 saturated heterocycles. The zero-order valence-corrected chi connectivity index (χ0v) is 14.7. The van der Waals surface area contributed by atoms with Gasteiger partial charge in [-0.15, -0.1) is 11.3 Å². The Morgan fingerprint density at radius 2 is 1.58 bits per heavy atom. The average Bonchev–Trinajstić information content (AvgIpc) is 2.77. The van der Waals surface area contributed by atoms with E-state index in [0.717, 1.165) is 0 Å². The predicted octanol–water partition coefficient (Wildman–Crippen LogP) is 6.15. The van der Waals surface area contributed by atoms with Crippen LogP contribution in [0.25, 0.3) is 0 Å². The largest absolute Gasteiger partial charge is 0.143 e. The van der Waals surface area contributed by atoms with Crippen molar-refractivity contribution in [3.8, 4) is 0 Å². The lowest BCUT2D eigenvalue weighted by Gasteiger charge is -2.17. The van der Waals surface area contributed by atoms with Gasteiger partial charge in [0, 0.05) is 9.75 Å². The summed E-state index contributed by atoms with van der Waals surface area (Å²) in [4.78, 5) is 3.13. The number of benzene rings is 1. The third-order valence-electron chi connectivity index (χ3n) is 3.41. The van der Waals surface area contributed by atoms with Crippen molar-refractivity contribution in [3.63, 3.8) is 0 Å². The number of alkyl halides is 1. The summed E-state index contributed by atoms with van der Waals surface area (Å²) in [6.45, 7) is 11.2. The second-order valence-corrected chi connectivity index (χ2v) is 8.15. The lowest BCUT2D eigenvalue weighted by atomic mass is 9.95. The summed E-state index contributed by atoms with van der Waals surface area (Å²) in [5.41, 5.74) is 4.35. The van der Waals surface area contributed by atoms with Crippen LogP contribution in [-0.2, 0) is 5.41 Å². The Hall–Kier alpha value is -0.600. The van der Waals surface area contributed by atoms with E-state index >= 15 is 0 Å². The number of rotatable bonds is 2. The highest BCUT2D eigenvalue weighted by atomic mass is 79.9. The minimum Gasteiger partial charge on any atom is -0.143 e. The lowest BCUT2D eigenvalue weighted by Crippen LogP contribution is -2.07. The van der Waals surface area contributed by atoms with Crippen molar-refractivity contribution in [2.24, 2.45) is 0 Å². The van der Waals surface area contributed by atoms with Gasteiger partial charge in [0.15, 0.2) is 0 Å². The molecule has 1 aromatic heterocycles. The summed E-state index contributed by atoms with van der Waals surface area (Å²) in [5.74, 6) is 0. The zero-order chi connectivity index (χ0) is 14.2. The van der Waals surface area contributed by atoms with Crippen LogP contribution < -0.4 is 0 Å². The molecule has 1 unspecified atom stereocenters. The van der Waals surface area contributed by atoms with Crippen molar-refractivity contribution in [3.05, 3.63) is 56.8 Å². The molecule has 0 fully saturated rings. The fourth-order valence-corrected chi connectivity index (χ4v) is 4.47. The lowest BCUT2D eigenvalue weighted by molar-refractivity contribution is 0.604. The smallest absolute Gasteiger partial charge is 0.0743 e. The molecule has 0 N–H and O–H groups in total. The summed E-state index contributed by atoms with van der Waals surface area (Å²) in [6, 6.07) is 11.0. The van der Waals surface area contributed by atoms with Crippen molar-refractivity contribution in [2.75, 3.05) is 0 Å². The van der Waals surface area contributed by atoms with Crippen molar-refractivity contribution < 1.29 is 0 Å². The Balaban J connectivity index is 2.40. The third-order valence-corrected chi connectivity index (χ3v) is 6.24. The van der Waals surface area contributed by atoms with Crippen molar-refractivity contribution in [2.45, 2.75) is 44.9 Å². The predicted molar refractivity (Wildman–Crippen MR) is 89.7 cm³/mol. The van der Waals surface area contributed by atoms with Gasteiger partial charge < -0.3 is 0 Å². The van der Waals surface area contributed by atoms with Crippen LogP contribution in [0.5, 0.6) is 0 Å². The molecule has 102 valence electrons. The first-order valence-corrected chi connectivity index (χ1v) is 8.34. The molecule has 1 aromatic carbocycles. The maximum Gasteiger partial charge on any atom is 0.0743 e. The van der Waals surface area contributed by atoms with E-state index in [9.17, 15) is 0 Å². The monoisotopic (exact) mass is 336 g/mol. The molecule has 2 aromatic rings. The van der Waals surface area contributed by atoms with Gasteiger partial charge in [-0.25, -0.2) is 0 Å². The molecule has 0 aliphatic carbocycles. The van der Waals surface area contributed by atoms with Crippen LogP contribution in [0.3, 0.4) is 0 Å². The van der Waals surface area contributed by atoms with Gasteiger partial charge in [-0.05, 0) is 48.1 Å². The van der Waals surface area contributed by atoms with E-state index in [1.807, 2.05) is 11.3 Å². The van der Waals surface area contributed by atoms with Crippen LogP contribution in [0.2, 0.25) is 0 Å². The van der Waals surface area contributed by atoms with Gasteiger partial charge >= 0.3 is 0 Å². The molecule has 0 aliphatic heterocycles. The Kier molecular flexibility index (Phi) is 4.22. The van der Waals surface area contributed by atoms with E-state index in [0.29, 0.717) is 4.83 Å². The van der Waals surface area contributed by atoms with E-state index in [4.69, 9.17) is 0 Å². The zero-order valence-electron chi connectivity index (χ0n) is 12.3. The third kappa shape index (κ3) is 3.11. The number of thiophene rings is 1. The Labute approximate surface area is 129 Å². The van der Waals surface area contributed by atoms with Crippen LogP contribution in [0.4, 0.5) is 0 Å². The SMILES string of the molecule is Cc1cccc(C)c1C(Br)c1ccc(C(C)(C)C)s1. The number of halogens is 1. The van der Waals surface area contributed by atoms with Crippen LogP contribution in [-0.4, -0.2) is 0 Å². The molecule has 0 saturated carbocycles. The minimum atomic E-state index is 0.233. The first-order chi connectivity index (χ1) is 8.80. The summed E-state index contributed by atoms with van der Waals surface area (Å²) >= 11 is 5.80. The van der Waals surface area contributed by atoms with Gasteiger partial charge in [0.25, 0.3) is 0 Å². The quantitative estimate of drug-likeness (QED) is 0.577. The van der Waals surface area contributed by atoms with E-state index in [1.165, 1.54) is 26.4 Å². The maximum atomic E-state index is 3.89. The van der Waals surface area contributed by atoms with Gasteiger partial charge in [0.2, 0.25) is 0 Å². The highest BCUT2D eigenvalue weighted by Gasteiger charge is 2.21. The first-order valence-electron chi connectivity index (χ1n) is 6.61. The second-order valence-electron chi connectivity index (χ2n) is 6.12. The topological polar surface area (TPSA) is 0 Å². The van der Waals surface area contributed by atoms with Crippen LogP contribution in [0.1, 0.15) is 52.0 Å². The highest BCUT2D eigenvalue weighted by molar-refractivity contribution is 9.09. The Bertz CT molecular complexity index is 555. The van der Waals surface area contributed by atoms with Gasteiger partial charge in [-0.3, -0.25) is 0 Å². The molecule has 0 nitrogen and oxygen atoms in total. The van der Waals surface area contributed by atoms with E-state index in [-0.39, 0.29) is 5.41 Å². The van der Waals surface area contributed by atoms with Gasteiger partial charge in [0.05, 0.1) is 4.83 Å². The average molecular weight is 337 g/mol. The molecule has 1 atom stereocenters. The Morgan fingerprint density at radius 1 is 1.00 bits per heavy atom. The minimum absolute atomic E-state index is 0.233. The van der Waals surface area contributed by atoms with Gasteiger partial charge in [-0.2, -0.15) is 0 Å². The molecule has 0 amide bonds. The van der Waals surface area contributed by atoms with Crippen LogP contribution >= 0.6 is 27.3 Å². The van der Waals surface area contributed by atoms with Gasteiger partial charge in [0.1, 0.15) is 0 Å². The molecule has 1 heterocycles. The van der Waals surface area contributed by atoms with E-state index in [1.54, 1.807) is 0 Å². The summed E-state index contributed by atoms with van der Waals surface area (Å²) in [6.07, 6.45) is 0. The fraction of sp³-hybridized carbons (Fsp3) is 0.412. The summed E-state index contributed by atoms with van der Waals surface area (Å²) < 4.78 is 0. The molecule has 0 bridgehead atoms. The number of hydrogen-bond acceptors (Lipinski definition) is 1. The number of hydrogen-bond donors (Lipinski definition) is 0. The normalized spacial score (nSPS) is 13.6. The molecule has 0 spiro atoms. The summed E-state index contributed by atoms with van der Waals surface area (Å²) in [7, 11) is 0. The molecular formula is C17H21BrS. The fourth-order valence-electron chi connectivity index (χ4n) is 2.26. The highest BCUT2D eigenvalue weighted by Crippen LogP contribution is 2.40. The summed E-state index contributed by atoms with van der Waals surface area (Å²) in [5, 5.41) is 0. The van der Waals surface area contributed by atoms with E-state index in [2.05, 4.69) is 80.9 Å². The molecule has 0 radical (unpaired) electrons. The number of aryl methyl sites for hydroxylation is 2. The maximum absolute atomic E-state index is 3.89. The van der Waals surface area contributed by atoms with E-state index < -0.39 is 0 Å². The van der Waals surface area contributed by atoms with Crippen LogP contribution in [0, 0.1) is 13.8 Å². The molecular weight excluding hydrogens is 316 g/mol. The Morgan fingerprint density at radius 3 is 2.05 bits per heavy atom. The van der Waals surface area contributed by atoms with Crippen LogP contribution in [0.15, 0.2) is 30.3 Å². The van der Waals surface area contributed by atoms with Crippen molar-refractivity contribution >= 4 is 27.3 Å². The first kappa shape index (κ1) is 14.8. The van der Waals surface area contributed by atoms with Crippen molar-refractivity contribution in [1.82, 2.24) is 0 Å². The standard InChI is InChI=1S/C17H21BrS/c1-11-7-6-8-12(2)15(11)16(18)13-9-10-14(19-13)17(3,4)5/h6-10,16H,1-5H3. The molecule has 2 rings (SSSR count). The molecule has 19 heavy (non-hydrogen) atoms. The van der Waals surface area contributed by atoms with Crippen molar-refractivity contribution in [1.29, 1.82) is 0 Å². The molecule has 0 aliphatic rings.